The highest BCUT2D eigenvalue weighted by molar-refractivity contribution is 5.73. The molecule has 84 valence electrons. The highest BCUT2D eigenvalue weighted by Crippen LogP contribution is 2.43. The Kier molecular flexibility index (Phi) is 3.72. The number of hydrogen-bond donors (Lipinski definition) is 0. The standard InChI is InChI=1S/C13H20O2/c1-5-13(3)8-6-7-10(2)11(13)9-12(14)15-4/h5H,1,6-9H2,2-4H3/t13-/m1/s1. The van der Waals surface area contributed by atoms with Crippen molar-refractivity contribution in [2.75, 3.05) is 7.11 Å². The largest absolute Gasteiger partial charge is 0.469 e. The fourth-order valence-electron chi connectivity index (χ4n) is 2.30. The molecule has 2 heteroatoms. The molecule has 0 spiro atoms. The van der Waals surface area contributed by atoms with E-state index in [2.05, 4.69) is 20.4 Å². The van der Waals surface area contributed by atoms with Gasteiger partial charge >= 0.3 is 5.97 Å². The molecule has 0 unspecified atom stereocenters. The maximum atomic E-state index is 11.3. The van der Waals surface area contributed by atoms with E-state index < -0.39 is 0 Å². The fourth-order valence-corrected chi connectivity index (χ4v) is 2.30. The number of rotatable bonds is 3. The molecule has 0 fully saturated rings. The minimum atomic E-state index is -0.153. The number of methoxy groups -OCH3 is 1. The quantitative estimate of drug-likeness (QED) is 0.525. The summed E-state index contributed by atoms with van der Waals surface area (Å²) >= 11 is 0. The summed E-state index contributed by atoms with van der Waals surface area (Å²) in [4.78, 5) is 11.3. The molecule has 2 nitrogen and oxygen atoms in total. The SMILES string of the molecule is C=C[C@]1(C)CCCC(C)=C1CC(=O)OC. The van der Waals surface area contributed by atoms with Gasteiger partial charge in [-0.3, -0.25) is 4.79 Å². The Bertz CT molecular complexity index is 302. The number of carbonyl (C=O) groups excluding carboxylic acids is 1. The molecule has 0 bridgehead atoms. The fraction of sp³-hybridized carbons (Fsp3) is 0.615. The van der Waals surface area contributed by atoms with Crippen molar-refractivity contribution in [2.45, 2.75) is 39.5 Å². The minimum absolute atomic E-state index is 0.0173. The van der Waals surface area contributed by atoms with Gasteiger partial charge in [-0.25, -0.2) is 0 Å². The van der Waals surface area contributed by atoms with Gasteiger partial charge < -0.3 is 4.74 Å². The average molecular weight is 208 g/mol. The first-order chi connectivity index (χ1) is 7.03. The van der Waals surface area contributed by atoms with Gasteiger partial charge in [0.15, 0.2) is 0 Å². The molecule has 0 saturated carbocycles. The molecule has 0 heterocycles. The van der Waals surface area contributed by atoms with Crippen LogP contribution in [0.4, 0.5) is 0 Å². The van der Waals surface area contributed by atoms with E-state index >= 15 is 0 Å². The van der Waals surface area contributed by atoms with Crippen molar-refractivity contribution in [1.29, 1.82) is 0 Å². The van der Waals surface area contributed by atoms with Crippen molar-refractivity contribution in [3.05, 3.63) is 23.8 Å². The van der Waals surface area contributed by atoms with Crippen LogP contribution in [0.2, 0.25) is 0 Å². The Morgan fingerprint density at radius 1 is 1.67 bits per heavy atom. The van der Waals surface area contributed by atoms with E-state index in [-0.39, 0.29) is 11.4 Å². The molecule has 0 amide bonds. The van der Waals surface area contributed by atoms with Crippen molar-refractivity contribution in [3.8, 4) is 0 Å². The van der Waals surface area contributed by atoms with Gasteiger partial charge in [0.2, 0.25) is 0 Å². The van der Waals surface area contributed by atoms with Crippen molar-refractivity contribution >= 4 is 5.97 Å². The number of allylic oxidation sites excluding steroid dienone is 2. The lowest BCUT2D eigenvalue weighted by Gasteiger charge is -2.34. The van der Waals surface area contributed by atoms with Crippen molar-refractivity contribution in [2.24, 2.45) is 5.41 Å². The van der Waals surface area contributed by atoms with E-state index in [0.29, 0.717) is 6.42 Å². The van der Waals surface area contributed by atoms with Gasteiger partial charge in [-0.2, -0.15) is 0 Å². The number of carbonyl (C=O) groups is 1. The second kappa shape index (κ2) is 4.65. The lowest BCUT2D eigenvalue weighted by Crippen LogP contribution is -2.23. The molecular weight excluding hydrogens is 188 g/mol. The van der Waals surface area contributed by atoms with Gasteiger partial charge in [0, 0.05) is 5.41 Å². The zero-order valence-corrected chi connectivity index (χ0v) is 9.93. The van der Waals surface area contributed by atoms with Crippen LogP contribution < -0.4 is 0 Å². The van der Waals surface area contributed by atoms with E-state index in [0.717, 1.165) is 12.8 Å². The second-order valence-electron chi connectivity index (χ2n) is 4.49. The monoisotopic (exact) mass is 208 g/mol. The molecule has 0 aromatic carbocycles. The van der Waals surface area contributed by atoms with E-state index in [1.54, 1.807) is 0 Å². The van der Waals surface area contributed by atoms with E-state index in [4.69, 9.17) is 4.74 Å². The van der Waals surface area contributed by atoms with Crippen LogP contribution in [0.3, 0.4) is 0 Å². The van der Waals surface area contributed by atoms with Crippen molar-refractivity contribution in [1.82, 2.24) is 0 Å². The highest BCUT2D eigenvalue weighted by atomic mass is 16.5. The van der Waals surface area contributed by atoms with Gasteiger partial charge in [-0.15, -0.1) is 6.58 Å². The van der Waals surface area contributed by atoms with Crippen LogP contribution in [0.5, 0.6) is 0 Å². The maximum Gasteiger partial charge on any atom is 0.309 e. The Balaban J connectivity index is 2.96. The molecule has 0 N–H and O–H groups in total. The maximum absolute atomic E-state index is 11.3. The van der Waals surface area contributed by atoms with Crippen LogP contribution >= 0.6 is 0 Å². The normalized spacial score (nSPS) is 26.3. The smallest absolute Gasteiger partial charge is 0.309 e. The summed E-state index contributed by atoms with van der Waals surface area (Å²) in [6, 6.07) is 0. The zero-order chi connectivity index (χ0) is 11.5. The zero-order valence-electron chi connectivity index (χ0n) is 9.93. The lowest BCUT2D eigenvalue weighted by molar-refractivity contribution is -0.140. The van der Waals surface area contributed by atoms with E-state index in [1.165, 1.54) is 24.7 Å². The predicted molar refractivity (Wildman–Crippen MR) is 61.5 cm³/mol. The first kappa shape index (κ1) is 12.0. The molecular formula is C13H20O2. The molecule has 1 atom stereocenters. The van der Waals surface area contributed by atoms with E-state index in [1.807, 2.05) is 6.08 Å². The third-order valence-electron chi connectivity index (χ3n) is 3.45. The van der Waals surface area contributed by atoms with Crippen molar-refractivity contribution < 1.29 is 9.53 Å². The summed E-state index contributed by atoms with van der Waals surface area (Å²) in [6.07, 6.45) is 5.73. The molecule has 0 radical (unpaired) electrons. The predicted octanol–water partition coefficient (Wildman–Crippen LogP) is 3.24. The van der Waals surface area contributed by atoms with Crippen LogP contribution in [0, 0.1) is 5.41 Å². The van der Waals surface area contributed by atoms with E-state index in [9.17, 15) is 4.79 Å². The Morgan fingerprint density at radius 2 is 2.33 bits per heavy atom. The van der Waals surface area contributed by atoms with Gasteiger partial charge in [0.25, 0.3) is 0 Å². The van der Waals surface area contributed by atoms with Crippen molar-refractivity contribution in [3.63, 3.8) is 0 Å². The molecule has 0 aliphatic heterocycles. The Labute approximate surface area is 92.0 Å². The summed E-state index contributed by atoms with van der Waals surface area (Å²) in [5.74, 6) is -0.153. The molecule has 0 saturated heterocycles. The number of hydrogen-bond acceptors (Lipinski definition) is 2. The van der Waals surface area contributed by atoms with Crippen LogP contribution in [0.25, 0.3) is 0 Å². The van der Waals surface area contributed by atoms with Crippen LogP contribution in [-0.2, 0) is 9.53 Å². The topological polar surface area (TPSA) is 26.3 Å². The van der Waals surface area contributed by atoms with Gasteiger partial charge in [-0.05, 0) is 26.2 Å². The molecule has 0 aromatic rings. The number of esters is 1. The molecule has 1 aliphatic carbocycles. The summed E-state index contributed by atoms with van der Waals surface area (Å²) in [5, 5.41) is 0. The third kappa shape index (κ3) is 2.49. The summed E-state index contributed by atoms with van der Waals surface area (Å²) < 4.78 is 4.73. The lowest BCUT2D eigenvalue weighted by atomic mass is 9.70. The summed E-state index contributed by atoms with van der Waals surface area (Å²) in [5.41, 5.74) is 2.51. The van der Waals surface area contributed by atoms with Crippen LogP contribution in [-0.4, -0.2) is 13.1 Å². The summed E-state index contributed by atoms with van der Waals surface area (Å²) in [7, 11) is 1.44. The summed E-state index contributed by atoms with van der Waals surface area (Å²) in [6.45, 7) is 8.15. The van der Waals surface area contributed by atoms with Crippen LogP contribution in [0.15, 0.2) is 23.8 Å². The third-order valence-corrected chi connectivity index (χ3v) is 3.45. The molecule has 1 aliphatic rings. The highest BCUT2D eigenvalue weighted by Gasteiger charge is 2.31. The minimum Gasteiger partial charge on any atom is -0.469 e. The van der Waals surface area contributed by atoms with Gasteiger partial charge in [0.05, 0.1) is 13.5 Å². The Morgan fingerprint density at radius 3 is 2.87 bits per heavy atom. The molecule has 1 rings (SSSR count). The molecule has 15 heavy (non-hydrogen) atoms. The van der Waals surface area contributed by atoms with Crippen LogP contribution in [0.1, 0.15) is 39.5 Å². The van der Waals surface area contributed by atoms with Gasteiger partial charge in [0.1, 0.15) is 0 Å². The Hall–Kier alpha value is -1.05. The number of ether oxygens (including phenoxy) is 1. The second-order valence-corrected chi connectivity index (χ2v) is 4.49. The van der Waals surface area contributed by atoms with Gasteiger partial charge in [-0.1, -0.05) is 24.1 Å². The molecule has 0 aromatic heterocycles. The first-order valence-electron chi connectivity index (χ1n) is 5.43. The average Bonchev–Trinajstić information content (AvgIpc) is 2.23. The first-order valence-corrected chi connectivity index (χ1v) is 5.43.